The van der Waals surface area contributed by atoms with Crippen molar-refractivity contribution in [2.75, 3.05) is 12.3 Å². The highest BCUT2D eigenvalue weighted by Gasteiger charge is 2.18. The van der Waals surface area contributed by atoms with Gasteiger partial charge in [0, 0.05) is 17.3 Å². The van der Waals surface area contributed by atoms with Crippen molar-refractivity contribution in [2.45, 2.75) is 20.8 Å². The number of nitrogens with zero attached hydrogens (tertiary/aromatic N) is 4. The molecule has 6 N–H and O–H groups in total. The molecule has 2 aromatic heterocycles. The normalized spacial score (nSPS) is 12.5. The Labute approximate surface area is 138 Å². The molecule has 24 heavy (non-hydrogen) atoms. The first-order valence-corrected chi connectivity index (χ1v) is 7.16. The second-order valence-corrected chi connectivity index (χ2v) is 5.25. The molecule has 128 valence electrons. The number of anilines is 1. The Hall–Kier alpha value is -2.94. The van der Waals surface area contributed by atoms with Crippen LogP contribution >= 0.6 is 0 Å². The van der Waals surface area contributed by atoms with Gasteiger partial charge in [-0.2, -0.15) is 5.10 Å². The fourth-order valence-electron chi connectivity index (χ4n) is 2.30. The van der Waals surface area contributed by atoms with Gasteiger partial charge >= 0.3 is 0 Å². The van der Waals surface area contributed by atoms with E-state index in [4.69, 9.17) is 21.9 Å². The molecule has 0 fully saturated rings. The van der Waals surface area contributed by atoms with Crippen molar-refractivity contribution in [3.05, 3.63) is 41.2 Å². The molecule has 0 amide bonds. The Kier molecular flexibility index (Phi) is 5.14. The van der Waals surface area contributed by atoms with Crippen molar-refractivity contribution in [3.8, 4) is 11.1 Å². The Balaban J connectivity index is 2.46. The van der Waals surface area contributed by atoms with Crippen molar-refractivity contribution in [1.29, 1.82) is 0 Å². The molecule has 0 atom stereocenters. The van der Waals surface area contributed by atoms with E-state index in [2.05, 4.69) is 15.2 Å². The number of allylic oxidation sites excluding steroid dienone is 1. The number of halogens is 1. The second-order valence-electron chi connectivity index (χ2n) is 5.25. The molecular weight excluding hydrogens is 313 g/mol. The fourth-order valence-corrected chi connectivity index (χ4v) is 2.30. The standard InChI is InChI=1S/C15H20FN7O/c1-8(16)4-5-23(19)15(21-18)12-6-11(7-20-14(12)17)13-9(2)22-24-10(13)3/h4,6-7H,5,18-19H2,1-3H3,(H2,17,20)/b8-4+,21-15-. The topological polar surface area (TPSA) is 133 Å². The van der Waals surface area contributed by atoms with E-state index < -0.39 is 0 Å². The zero-order chi connectivity index (χ0) is 17.9. The molecule has 0 bridgehead atoms. The van der Waals surface area contributed by atoms with Crippen molar-refractivity contribution in [2.24, 2.45) is 16.8 Å². The average Bonchev–Trinajstić information content (AvgIpc) is 2.87. The summed E-state index contributed by atoms with van der Waals surface area (Å²) in [6.45, 7) is 5.02. The van der Waals surface area contributed by atoms with Gasteiger partial charge < -0.3 is 16.1 Å². The van der Waals surface area contributed by atoms with E-state index in [1.165, 1.54) is 18.0 Å². The van der Waals surface area contributed by atoms with Crippen molar-refractivity contribution in [3.63, 3.8) is 0 Å². The summed E-state index contributed by atoms with van der Waals surface area (Å²) in [5.41, 5.74) is 8.63. The van der Waals surface area contributed by atoms with Gasteiger partial charge in [0.25, 0.3) is 0 Å². The number of hydrogen-bond acceptors (Lipinski definition) is 7. The molecule has 9 heteroatoms. The van der Waals surface area contributed by atoms with E-state index in [0.717, 1.165) is 16.8 Å². The molecule has 0 aliphatic rings. The summed E-state index contributed by atoms with van der Waals surface area (Å²) in [5.74, 6) is 12.0. The third-order valence-electron chi connectivity index (χ3n) is 3.45. The lowest BCUT2D eigenvalue weighted by molar-refractivity contribution is 0.393. The molecule has 2 heterocycles. The molecule has 0 aliphatic carbocycles. The second kappa shape index (κ2) is 7.09. The summed E-state index contributed by atoms with van der Waals surface area (Å²) in [7, 11) is 0. The van der Waals surface area contributed by atoms with Crippen LogP contribution in [0.1, 0.15) is 23.9 Å². The quantitative estimate of drug-likeness (QED) is 0.335. The number of nitrogen functional groups attached to an aromatic ring is 1. The first-order valence-electron chi connectivity index (χ1n) is 7.16. The molecule has 2 aromatic rings. The molecule has 8 nitrogen and oxygen atoms in total. The maximum Gasteiger partial charge on any atom is 0.173 e. The van der Waals surface area contributed by atoms with Crippen LogP contribution in [0, 0.1) is 13.8 Å². The number of hydrazine groups is 1. The van der Waals surface area contributed by atoms with Crippen LogP contribution in [0.15, 0.2) is 33.8 Å². The number of aromatic nitrogens is 2. The Morgan fingerprint density at radius 2 is 2.17 bits per heavy atom. The van der Waals surface area contributed by atoms with E-state index in [-0.39, 0.29) is 24.0 Å². The van der Waals surface area contributed by atoms with Crippen molar-refractivity contribution in [1.82, 2.24) is 15.1 Å². The summed E-state index contributed by atoms with van der Waals surface area (Å²) >= 11 is 0. The van der Waals surface area contributed by atoms with Gasteiger partial charge in [-0.3, -0.25) is 5.01 Å². The van der Waals surface area contributed by atoms with E-state index in [0.29, 0.717) is 11.3 Å². The van der Waals surface area contributed by atoms with Crippen LogP contribution in [-0.4, -0.2) is 27.5 Å². The predicted molar refractivity (Wildman–Crippen MR) is 90.1 cm³/mol. The van der Waals surface area contributed by atoms with E-state index in [9.17, 15) is 4.39 Å². The van der Waals surface area contributed by atoms with Crippen LogP contribution in [0.5, 0.6) is 0 Å². The number of aryl methyl sites for hydroxylation is 2. The zero-order valence-electron chi connectivity index (χ0n) is 13.7. The third kappa shape index (κ3) is 3.51. The fraction of sp³-hybridized carbons (Fsp3) is 0.267. The van der Waals surface area contributed by atoms with E-state index >= 15 is 0 Å². The minimum Gasteiger partial charge on any atom is -0.383 e. The number of nitrogens with two attached hydrogens (primary N) is 3. The first kappa shape index (κ1) is 17.4. The van der Waals surface area contributed by atoms with Crippen LogP contribution in [-0.2, 0) is 0 Å². The summed E-state index contributed by atoms with van der Waals surface area (Å²) in [4.78, 5) is 4.16. The Morgan fingerprint density at radius 1 is 1.46 bits per heavy atom. The highest BCUT2D eigenvalue weighted by Crippen LogP contribution is 2.28. The smallest absolute Gasteiger partial charge is 0.173 e. The van der Waals surface area contributed by atoms with Crippen LogP contribution in [0.4, 0.5) is 10.2 Å². The van der Waals surface area contributed by atoms with Gasteiger partial charge in [-0.1, -0.05) is 5.16 Å². The molecule has 0 unspecified atom stereocenters. The largest absolute Gasteiger partial charge is 0.383 e. The molecule has 0 radical (unpaired) electrons. The number of hydrazone groups is 1. The highest BCUT2D eigenvalue weighted by atomic mass is 19.1. The lowest BCUT2D eigenvalue weighted by atomic mass is 10.0. The molecule has 0 spiro atoms. The van der Waals surface area contributed by atoms with Gasteiger partial charge in [0.15, 0.2) is 5.84 Å². The van der Waals surface area contributed by atoms with Crippen LogP contribution in [0.3, 0.4) is 0 Å². The highest BCUT2D eigenvalue weighted by molar-refractivity contribution is 6.03. The van der Waals surface area contributed by atoms with Gasteiger partial charge in [0.1, 0.15) is 11.6 Å². The third-order valence-corrected chi connectivity index (χ3v) is 3.45. The van der Waals surface area contributed by atoms with Gasteiger partial charge in [-0.25, -0.2) is 15.2 Å². The van der Waals surface area contributed by atoms with Crippen molar-refractivity contribution >= 4 is 11.7 Å². The minimum absolute atomic E-state index is 0.0767. The number of amidine groups is 1. The van der Waals surface area contributed by atoms with E-state index in [1.54, 1.807) is 19.2 Å². The monoisotopic (exact) mass is 333 g/mol. The van der Waals surface area contributed by atoms with Gasteiger partial charge in [-0.15, -0.1) is 0 Å². The number of rotatable bonds is 4. The maximum absolute atomic E-state index is 12.9. The molecule has 0 saturated carbocycles. The zero-order valence-corrected chi connectivity index (χ0v) is 13.7. The molecular formula is C15H20FN7O. The molecule has 0 saturated heterocycles. The molecule has 0 aromatic carbocycles. The maximum atomic E-state index is 12.9. The van der Waals surface area contributed by atoms with Gasteiger partial charge in [-0.05, 0) is 32.9 Å². The molecule has 0 aliphatic heterocycles. The van der Waals surface area contributed by atoms with Gasteiger partial charge in [0.05, 0.1) is 23.6 Å². The average molecular weight is 333 g/mol. The summed E-state index contributed by atoms with van der Waals surface area (Å²) in [5, 5.41) is 8.78. The lowest BCUT2D eigenvalue weighted by Crippen LogP contribution is -2.39. The van der Waals surface area contributed by atoms with E-state index in [1.807, 2.05) is 6.92 Å². The summed E-state index contributed by atoms with van der Waals surface area (Å²) < 4.78 is 18.1. The van der Waals surface area contributed by atoms with Crippen LogP contribution < -0.4 is 17.4 Å². The lowest BCUT2D eigenvalue weighted by Gasteiger charge is -2.19. The molecule has 2 rings (SSSR count). The van der Waals surface area contributed by atoms with Crippen molar-refractivity contribution < 1.29 is 8.91 Å². The SMILES string of the molecule is C/C(F)=C\CN(N)/C(=N\N)c1cc(-c2c(C)noc2C)cnc1N. The summed E-state index contributed by atoms with van der Waals surface area (Å²) in [6.07, 6.45) is 2.90. The first-order chi connectivity index (χ1) is 11.3. The summed E-state index contributed by atoms with van der Waals surface area (Å²) in [6, 6.07) is 1.74. The van der Waals surface area contributed by atoms with Crippen LogP contribution in [0.2, 0.25) is 0 Å². The van der Waals surface area contributed by atoms with Crippen LogP contribution in [0.25, 0.3) is 11.1 Å². The Morgan fingerprint density at radius 3 is 2.71 bits per heavy atom. The van der Waals surface area contributed by atoms with Gasteiger partial charge in [0.2, 0.25) is 0 Å². The number of hydrogen-bond donors (Lipinski definition) is 3. The number of pyridine rings is 1. The predicted octanol–water partition coefficient (Wildman–Crippen LogP) is 1.60. The minimum atomic E-state index is -0.364. The Bertz CT molecular complexity index is 774.